The predicted molar refractivity (Wildman–Crippen MR) is 58.4 cm³/mol. The van der Waals surface area contributed by atoms with Crippen LogP contribution in [-0.4, -0.2) is 21.7 Å². The van der Waals surface area contributed by atoms with E-state index < -0.39 is 5.54 Å². The lowest BCUT2D eigenvalue weighted by molar-refractivity contribution is -0.127. The summed E-state index contributed by atoms with van der Waals surface area (Å²) in [5, 5.41) is 0. The van der Waals surface area contributed by atoms with Crippen molar-refractivity contribution in [3.05, 3.63) is 0 Å². The molecule has 0 saturated heterocycles. The molecule has 0 bridgehead atoms. The van der Waals surface area contributed by atoms with E-state index in [9.17, 15) is 4.79 Å². The first-order valence-electron chi connectivity index (χ1n) is 5.14. The van der Waals surface area contributed by atoms with Gasteiger partial charge in [-0.15, -0.1) is 0 Å². The van der Waals surface area contributed by atoms with Crippen molar-refractivity contribution in [3.8, 4) is 0 Å². The second-order valence-corrected chi connectivity index (χ2v) is 4.18. The van der Waals surface area contributed by atoms with E-state index in [0.29, 0.717) is 6.42 Å². The van der Waals surface area contributed by atoms with Crippen LogP contribution in [0.1, 0.15) is 46.5 Å². The van der Waals surface area contributed by atoms with Crippen LogP contribution in [0.5, 0.6) is 0 Å². The van der Waals surface area contributed by atoms with Crippen LogP contribution in [0.3, 0.4) is 0 Å². The SMILES string of the molecule is CCCCC1=NC(C)(CC)C(=O)N1Cl. The monoisotopic (exact) mass is 216 g/mol. The lowest BCUT2D eigenvalue weighted by atomic mass is 10.0. The summed E-state index contributed by atoms with van der Waals surface area (Å²) in [7, 11) is 0. The Labute approximate surface area is 90.2 Å². The number of aliphatic imine (C=N–C) groups is 1. The van der Waals surface area contributed by atoms with E-state index in [1.54, 1.807) is 0 Å². The summed E-state index contributed by atoms with van der Waals surface area (Å²) in [4.78, 5) is 16.1. The van der Waals surface area contributed by atoms with Crippen molar-refractivity contribution in [2.45, 2.75) is 52.0 Å². The van der Waals surface area contributed by atoms with Gasteiger partial charge in [-0.05, 0) is 19.8 Å². The van der Waals surface area contributed by atoms with Gasteiger partial charge in [0, 0.05) is 18.2 Å². The Bertz CT molecular complexity index is 265. The molecule has 0 N–H and O–H groups in total. The molecule has 1 aliphatic heterocycles. The molecule has 1 atom stereocenters. The van der Waals surface area contributed by atoms with Gasteiger partial charge in [-0.3, -0.25) is 9.79 Å². The molecule has 1 aliphatic rings. The molecule has 0 aromatic rings. The molecular formula is C10H17ClN2O. The summed E-state index contributed by atoms with van der Waals surface area (Å²) in [6.45, 7) is 5.90. The van der Waals surface area contributed by atoms with Crippen LogP contribution in [0.4, 0.5) is 0 Å². The Morgan fingerprint density at radius 2 is 2.14 bits per heavy atom. The Morgan fingerprint density at radius 3 is 2.57 bits per heavy atom. The number of nitrogens with zero attached hydrogens (tertiary/aromatic N) is 2. The van der Waals surface area contributed by atoms with Gasteiger partial charge in [0.05, 0.1) is 0 Å². The Morgan fingerprint density at radius 1 is 1.50 bits per heavy atom. The third kappa shape index (κ3) is 1.92. The fourth-order valence-corrected chi connectivity index (χ4v) is 1.73. The molecule has 3 nitrogen and oxygen atoms in total. The summed E-state index contributed by atoms with van der Waals surface area (Å²) in [5.74, 6) is 0.635. The van der Waals surface area contributed by atoms with E-state index in [0.717, 1.165) is 25.1 Å². The number of carbonyl (C=O) groups is 1. The summed E-state index contributed by atoms with van der Waals surface area (Å²) < 4.78 is 1.19. The lowest BCUT2D eigenvalue weighted by Crippen LogP contribution is -2.35. The van der Waals surface area contributed by atoms with Gasteiger partial charge in [-0.1, -0.05) is 20.3 Å². The minimum absolute atomic E-state index is 0.0900. The van der Waals surface area contributed by atoms with Crippen LogP contribution >= 0.6 is 11.8 Å². The number of amidine groups is 1. The van der Waals surface area contributed by atoms with Crippen molar-refractivity contribution in [2.24, 2.45) is 4.99 Å². The van der Waals surface area contributed by atoms with E-state index in [1.807, 2.05) is 13.8 Å². The van der Waals surface area contributed by atoms with Crippen molar-refractivity contribution in [3.63, 3.8) is 0 Å². The number of rotatable bonds is 4. The van der Waals surface area contributed by atoms with Gasteiger partial charge in [0.2, 0.25) is 0 Å². The number of carbonyl (C=O) groups excluding carboxylic acids is 1. The minimum Gasteiger partial charge on any atom is -0.270 e. The molecule has 0 aliphatic carbocycles. The van der Waals surface area contributed by atoms with E-state index in [1.165, 1.54) is 4.42 Å². The molecule has 1 heterocycles. The number of halogens is 1. The fraction of sp³-hybridized carbons (Fsp3) is 0.800. The van der Waals surface area contributed by atoms with Crippen LogP contribution in [0.2, 0.25) is 0 Å². The zero-order valence-corrected chi connectivity index (χ0v) is 9.76. The molecule has 0 aromatic carbocycles. The Balaban J connectivity index is 2.77. The van der Waals surface area contributed by atoms with E-state index >= 15 is 0 Å². The molecule has 14 heavy (non-hydrogen) atoms. The largest absolute Gasteiger partial charge is 0.270 e. The molecule has 0 saturated carbocycles. The van der Waals surface area contributed by atoms with Crippen LogP contribution in [0.15, 0.2) is 4.99 Å². The smallest absolute Gasteiger partial charge is 0.270 e. The third-order valence-corrected chi connectivity index (χ3v) is 3.03. The highest BCUT2D eigenvalue weighted by atomic mass is 35.5. The van der Waals surface area contributed by atoms with Crippen molar-refractivity contribution in [1.82, 2.24) is 4.42 Å². The molecular weight excluding hydrogens is 200 g/mol. The first-order valence-corrected chi connectivity index (χ1v) is 5.48. The molecule has 0 radical (unpaired) electrons. The summed E-state index contributed by atoms with van der Waals surface area (Å²) >= 11 is 5.88. The van der Waals surface area contributed by atoms with E-state index in [4.69, 9.17) is 11.8 Å². The molecule has 1 amide bonds. The first-order chi connectivity index (χ1) is 6.55. The summed E-state index contributed by atoms with van der Waals surface area (Å²) in [6, 6.07) is 0. The number of unbranched alkanes of at least 4 members (excludes halogenated alkanes) is 1. The van der Waals surface area contributed by atoms with Crippen LogP contribution in [0.25, 0.3) is 0 Å². The Hall–Kier alpha value is -0.570. The normalized spacial score (nSPS) is 27.0. The topological polar surface area (TPSA) is 32.7 Å². The highest BCUT2D eigenvalue weighted by Crippen LogP contribution is 2.28. The van der Waals surface area contributed by atoms with Crippen LogP contribution in [0, 0.1) is 0 Å². The highest BCUT2D eigenvalue weighted by Gasteiger charge is 2.42. The molecule has 0 spiro atoms. The van der Waals surface area contributed by atoms with Gasteiger partial charge in [0.15, 0.2) is 0 Å². The molecule has 0 fully saturated rings. The summed E-state index contributed by atoms with van der Waals surface area (Å²) in [5.41, 5.74) is -0.620. The fourth-order valence-electron chi connectivity index (χ4n) is 1.42. The van der Waals surface area contributed by atoms with Crippen molar-refractivity contribution >= 4 is 23.5 Å². The van der Waals surface area contributed by atoms with Crippen molar-refractivity contribution < 1.29 is 4.79 Å². The van der Waals surface area contributed by atoms with Gasteiger partial charge in [-0.2, -0.15) is 0 Å². The average molecular weight is 217 g/mol. The second kappa shape index (κ2) is 4.30. The highest BCUT2D eigenvalue weighted by molar-refractivity contribution is 6.34. The van der Waals surface area contributed by atoms with E-state index in [2.05, 4.69) is 11.9 Å². The number of hydrogen-bond donors (Lipinski definition) is 0. The molecule has 1 unspecified atom stereocenters. The third-order valence-electron chi connectivity index (χ3n) is 2.68. The second-order valence-electron chi connectivity index (χ2n) is 3.84. The maximum Gasteiger partial charge on any atom is 0.270 e. The van der Waals surface area contributed by atoms with Crippen LogP contribution in [-0.2, 0) is 4.79 Å². The Kier molecular flexibility index (Phi) is 3.53. The quantitative estimate of drug-likeness (QED) is 0.666. The van der Waals surface area contributed by atoms with Gasteiger partial charge < -0.3 is 0 Å². The molecule has 1 rings (SSSR count). The van der Waals surface area contributed by atoms with E-state index in [-0.39, 0.29) is 5.91 Å². The average Bonchev–Trinajstić information content (AvgIpc) is 2.41. The van der Waals surface area contributed by atoms with Gasteiger partial charge >= 0.3 is 0 Å². The number of hydrogen-bond acceptors (Lipinski definition) is 2. The number of amides is 1. The maximum atomic E-state index is 11.7. The van der Waals surface area contributed by atoms with Crippen LogP contribution < -0.4 is 0 Å². The molecule has 0 aromatic heterocycles. The van der Waals surface area contributed by atoms with Gasteiger partial charge in [0.1, 0.15) is 11.4 Å². The standard InChI is InChI=1S/C10H17ClN2O/c1-4-6-7-8-12-10(3,5-2)9(14)13(8)11/h4-7H2,1-3H3. The maximum absolute atomic E-state index is 11.7. The molecule has 80 valence electrons. The van der Waals surface area contributed by atoms with Gasteiger partial charge in [-0.25, -0.2) is 4.42 Å². The predicted octanol–water partition coefficient (Wildman–Crippen LogP) is 2.74. The zero-order chi connectivity index (χ0) is 10.8. The lowest BCUT2D eigenvalue weighted by Gasteiger charge is -2.15. The first kappa shape index (κ1) is 11.5. The van der Waals surface area contributed by atoms with Crippen molar-refractivity contribution in [1.29, 1.82) is 0 Å². The van der Waals surface area contributed by atoms with Crippen molar-refractivity contribution in [2.75, 3.05) is 0 Å². The minimum atomic E-state index is -0.620. The van der Waals surface area contributed by atoms with Gasteiger partial charge in [0.25, 0.3) is 5.91 Å². The zero-order valence-electron chi connectivity index (χ0n) is 9.01. The molecule has 4 heteroatoms. The summed E-state index contributed by atoms with van der Waals surface area (Å²) in [6.07, 6.45) is 3.60.